The largest absolute Gasteiger partial charge is 0.418 e. The molecule has 2 aromatic rings. The molecule has 0 atom stereocenters. The first-order chi connectivity index (χ1) is 9.38. The highest BCUT2D eigenvalue weighted by Crippen LogP contribution is 2.35. The third kappa shape index (κ3) is 3.27. The van der Waals surface area contributed by atoms with Gasteiger partial charge in [-0.3, -0.25) is 10.1 Å². The molecule has 0 aliphatic carbocycles. The van der Waals surface area contributed by atoms with Crippen molar-refractivity contribution in [3.8, 4) is 0 Å². The number of anilines is 1. The number of rotatable bonds is 4. The summed E-state index contributed by atoms with van der Waals surface area (Å²) in [5.41, 5.74) is -0.239. The normalized spacial score (nSPS) is 11.3. The van der Waals surface area contributed by atoms with E-state index >= 15 is 0 Å². The summed E-state index contributed by atoms with van der Waals surface area (Å²) in [6, 6.07) is 6.45. The monoisotopic (exact) mass is 302 g/mol. The Morgan fingerprint density at radius 3 is 2.60 bits per heavy atom. The second-order valence-electron chi connectivity index (χ2n) is 3.95. The predicted octanol–water partition coefficient (Wildman–Crippen LogP) is 4.29. The lowest BCUT2D eigenvalue weighted by atomic mass is 10.1. The van der Waals surface area contributed by atoms with Crippen LogP contribution in [0.3, 0.4) is 0 Å². The van der Waals surface area contributed by atoms with Crippen LogP contribution in [0.25, 0.3) is 0 Å². The summed E-state index contributed by atoms with van der Waals surface area (Å²) in [5.74, 6) is 0. The summed E-state index contributed by atoms with van der Waals surface area (Å²) in [6.45, 7) is 0.0947. The number of nitrogens with one attached hydrogen (secondary N) is 1. The fourth-order valence-electron chi connectivity index (χ4n) is 1.63. The third-order valence-electron chi connectivity index (χ3n) is 2.54. The molecule has 0 unspecified atom stereocenters. The Morgan fingerprint density at radius 2 is 2.00 bits per heavy atom. The molecule has 0 saturated heterocycles. The van der Waals surface area contributed by atoms with E-state index in [9.17, 15) is 23.3 Å². The van der Waals surface area contributed by atoms with Crippen molar-refractivity contribution in [2.75, 3.05) is 5.32 Å². The molecule has 106 valence electrons. The average molecular weight is 302 g/mol. The molecule has 2 rings (SSSR count). The van der Waals surface area contributed by atoms with Gasteiger partial charge in [-0.05, 0) is 17.7 Å². The molecule has 1 N–H and O–H groups in total. The zero-order valence-electron chi connectivity index (χ0n) is 9.98. The number of nitro groups is 1. The average Bonchev–Trinajstić information content (AvgIpc) is 2.84. The minimum absolute atomic E-state index is 0.0362. The molecule has 20 heavy (non-hydrogen) atoms. The van der Waals surface area contributed by atoms with E-state index in [1.807, 2.05) is 0 Å². The third-order valence-corrected chi connectivity index (χ3v) is 3.46. The maximum absolute atomic E-state index is 12.8. The Balaban J connectivity index is 2.13. The Morgan fingerprint density at radius 1 is 1.30 bits per heavy atom. The van der Waals surface area contributed by atoms with Crippen molar-refractivity contribution in [2.24, 2.45) is 0 Å². The molecule has 4 nitrogen and oxygen atoms in total. The van der Waals surface area contributed by atoms with Crippen molar-refractivity contribution in [2.45, 2.75) is 12.7 Å². The van der Waals surface area contributed by atoms with Gasteiger partial charge in [-0.1, -0.05) is 23.5 Å². The summed E-state index contributed by atoms with van der Waals surface area (Å²) in [5, 5.41) is 14.7. The van der Waals surface area contributed by atoms with Crippen molar-refractivity contribution in [1.29, 1.82) is 0 Å². The van der Waals surface area contributed by atoms with E-state index < -0.39 is 16.7 Å². The molecular weight excluding hydrogens is 293 g/mol. The molecule has 8 heteroatoms. The second kappa shape index (κ2) is 5.49. The number of thiophene rings is 1. The van der Waals surface area contributed by atoms with Crippen LogP contribution in [0.15, 0.2) is 35.7 Å². The minimum atomic E-state index is -4.44. The Labute approximate surface area is 116 Å². The van der Waals surface area contributed by atoms with Crippen molar-refractivity contribution in [3.63, 3.8) is 0 Å². The van der Waals surface area contributed by atoms with E-state index in [-0.39, 0.29) is 17.2 Å². The predicted molar refractivity (Wildman–Crippen MR) is 69.7 cm³/mol. The van der Waals surface area contributed by atoms with Crippen molar-refractivity contribution in [1.82, 2.24) is 0 Å². The fourth-order valence-corrected chi connectivity index (χ4v) is 2.36. The molecule has 0 spiro atoms. The highest BCUT2D eigenvalue weighted by atomic mass is 32.1. The van der Waals surface area contributed by atoms with Crippen LogP contribution in [-0.4, -0.2) is 4.92 Å². The number of nitrogens with zero attached hydrogens (tertiary/aromatic N) is 1. The molecule has 0 aliphatic rings. The maximum Gasteiger partial charge on any atom is 0.418 e. The van der Waals surface area contributed by atoms with Gasteiger partial charge in [0.15, 0.2) is 0 Å². The number of hydrogen-bond acceptors (Lipinski definition) is 4. The Bertz CT molecular complexity index is 625. The maximum atomic E-state index is 12.8. The molecule has 0 bridgehead atoms. The van der Waals surface area contributed by atoms with Crippen LogP contribution in [0.1, 0.15) is 11.1 Å². The van der Waals surface area contributed by atoms with Gasteiger partial charge in [0.05, 0.1) is 10.5 Å². The molecule has 0 fully saturated rings. The summed E-state index contributed by atoms with van der Waals surface area (Å²) in [6.07, 6.45) is -4.44. The van der Waals surface area contributed by atoms with Crippen molar-refractivity contribution < 1.29 is 18.1 Å². The fraction of sp³-hybridized carbons (Fsp3) is 0.167. The molecule has 1 heterocycles. The highest BCUT2D eigenvalue weighted by molar-refractivity contribution is 7.13. The van der Waals surface area contributed by atoms with E-state index in [0.717, 1.165) is 17.4 Å². The lowest BCUT2D eigenvalue weighted by molar-refractivity contribution is -0.380. The van der Waals surface area contributed by atoms with Gasteiger partial charge < -0.3 is 5.32 Å². The molecule has 0 aliphatic heterocycles. The van der Waals surface area contributed by atoms with Crippen molar-refractivity contribution in [3.05, 3.63) is 57.0 Å². The SMILES string of the molecule is O=[N+]([O-])c1cc(CNc2ccccc2C(F)(F)F)cs1. The number of alkyl halides is 3. The van der Waals surface area contributed by atoms with E-state index in [0.29, 0.717) is 5.56 Å². The summed E-state index contributed by atoms with van der Waals surface area (Å²) in [7, 11) is 0. The molecule has 0 amide bonds. The molecule has 0 radical (unpaired) electrons. The standard InChI is InChI=1S/C12H9F3N2O2S/c13-12(14,15)9-3-1-2-4-10(9)16-6-8-5-11(17(18)19)20-7-8/h1-5,7,16H,6H2. The molecule has 1 aromatic heterocycles. The van der Waals surface area contributed by atoms with Crippen LogP contribution in [0.2, 0.25) is 0 Å². The second-order valence-corrected chi connectivity index (χ2v) is 4.84. The first-order valence-corrected chi connectivity index (χ1v) is 6.38. The highest BCUT2D eigenvalue weighted by Gasteiger charge is 2.33. The quantitative estimate of drug-likeness (QED) is 0.677. The van der Waals surface area contributed by atoms with Gasteiger partial charge in [-0.15, -0.1) is 0 Å². The summed E-state index contributed by atoms with van der Waals surface area (Å²) >= 11 is 0.941. The van der Waals surface area contributed by atoms with Crippen molar-refractivity contribution >= 4 is 22.0 Å². The van der Waals surface area contributed by atoms with Gasteiger partial charge in [0, 0.05) is 23.7 Å². The van der Waals surface area contributed by atoms with Gasteiger partial charge in [-0.2, -0.15) is 13.2 Å². The zero-order chi connectivity index (χ0) is 14.8. The van der Waals surface area contributed by atoms with Gasteiger partial charge >= 0.3 is 11.2 Å². The number of hydrogen-bond donors (Lipinski definition) is 1. The first-order valence-electron chi connectivity index (χ1n) is 5.50. The van der Waals surface area contributed by atoms with Crippen LogP contribution in [0.4, 0.5) is 23.9 Å². The van der Waals surface area contributed by atoms with Crippen LogP contribution in [-0.2, 0) is 12.7 Å². The lowest BCUT2D eigenvalue weighted by Gasteiger charge is -2.13. The molecule has 0 saturated carbocycles. The zero-order valence-corrected chi connectivity index (χ0v) is 10.8. The van der Waals surface area contributed by atoms with Gasteiger partial charge in [0.1, 0.15) is 0 Å². The number of halogens is 3. The van der Waals surface area contributed by atoms with E-state index in [1.54, 1.807) is 5.38 Å². The van der Waals surface area contributed by atoms with E-state index in [1.165, 1.54) is 24.3 Å². The van der Waals surface area contributed by atoms with Crippen LogP contribution in [0, 0.1) is 10.1 Å². The van der Waals surface area contributed by atoms with Gasteiger partial charge in [0.25, 0.3) is 0 Å². The molecule has 1 aromatic carbocycles. The Hall–Kier alpha value is -2.09. The first kappa shape index (κ1) is 14.3. The Kier molecular flexibility index (Phi) is 3.93. The van der Waals surface area contributed by atoms with Crippen LogP contribution < -0.4 is 5.32 Å². The lowest BCUT2D eigenvalue weighted by Crippen LogP contribution is -2.10. The molecular formula is C12H9F3N2O2S. The van der Waals surface area contributed by atoms with E-state index in [4.69, 9.17) is 0 Å². The topological polar surface area (TPSA) is 55.2 Å². The minimum Gasteiger partial charge on any atom is -0.380 e. The van der Waals surface area contributed by atoms with Gasteiger partial charge in [0.2, 0.25) is 0 Å². The summed E-state index contributed by atoms with van der Waals surface area (Å²) in [4.78, 5) is 9.99. The van der Waals surface area contributed by atoms with Crippen LogP contribution in [0.5, 0.6) is 0 Å². The van der Waals surface area contributed by atoms with Crippen LogP contribution >= 0.6 is 11.3 Å². The van der Waals surface area contributed by atoms with E-state index in [2.05, 4.69) is 5.32 Å². The smallest absolute Gasteiger partial charge is 0.380 e. The number of para-hydroxylation sites is 1. The summed E-state index contributed by atoms with van der Waals surface area (Å²) < 4.78 is 38.3. The van der Waals surface area contributed by atoms with Gasteiger partial charge in [-0.25, -0.2) is 0 Å². The number of benzene rings is 1.